The summed E-state index contributed by atoms with van der Waals surface area (Å²) in [6, 6.07) is 0.849. The predicted molar refractivity (Wildman–Crippen MR) is 71.8 cm³/mol. The first-order chi connectivity index (χ1) is 7.81. The lowest BCUT2D eigenvalue weighted by Crippen LogP contribution is -2.45. The number of piperidine rings is 1. The molecule has 2 nitrogen and oxygen atoms in total. The highest BCUT2D eigenvalue weighted by atomic mass is 15.2. The maximum atomic E-state index is 3.47. The van der Waals surface area contributed by atoms with Gasteiger partial charge in [-0.3, -0.25) is 0 Å². The lowest BCUT2D eigenvalue weighted by Gasteiger charge is -2.36. The third-order valence-corrected chi connectivity index (χ3v) is 3.98. The van der Waals surface area contributed by atoms with Crippen LogP contribution in [0.2, 0.25) is 0 Å². The summed E-state index contributed by atoms with van der Waals surface area (Å²) >= 11 is 0. The van der Waals surface area contributed by atoms with Crippen molar-refractivity contribution < 1.29 is 0 Å². The molecule has 1 rings (SSSR count). The van der Waals surface area contributed by atoms with Crippen LogP contribution < -0.4 is 5.32 Å². The van der Waals surface area contributed by atoms with E-state index in [9.17, 15) is 0 Å². The fourth-order valence-electron chi connectivity index (χ4n) is 2.76. The Morgan fingerprint density at radius 3 is 2.25 bits per heavy atom. The number of hydrogen-bond donors (Lipinski definition) is 1. The number of rotatable bonds is 7. The van der Waals surface area contributed by atoms with E-state index in [0.717, 1.165) is 12.0 Å². The third kappa shape index (κ3) is 4.42. The molecule has 1 N–H and O–H groups in total. The first-order valence-electron chi connectivity index (χ1n) is 7.26. The summed E-state index contributed by atoms with van der Waals surface area (Å²) in [5.74, 6) is 0.904. The summed E-state index contributed by atoms with van der Waals surface area (Å²) in [7, 11) is 0. The Bertz CT molecular complexity index is 160. The average molecular weight is 226 g/mol. The van der Waals surface area contributed by atoms with E-state index < -0.39 is 0 Å². The van der Waals surface area contributed by atoms with Gasteiger partial charge in [-0.2, -0.15) is 0 Å². The Balaban J connectivity index is 2.44. The molecule has 16 heavy (non-hydrogen) atoms. The Labute approximate surface area is 102 Å². The van der Waals surface area contributed by atoms with Crippen molar-refractivity contribution in [3.05, 3.63) is 0 Å². The van der Waals surface area contributed by atoms with Crippen molar-refractivity contribution in [3.63, 3.8) is 0 Å². The summed E-state index contributed by atoms with van der Waals surface area (Å²) in [5.41, 5.74) is 0. The van der Waals surface area contributed by atoms with E-state index in [2.05, 4.69) is 31.0 Å². The maximum absolute atomic E-state index is 3.47. The molecule has 0 aliphatic carbocycles. The summed E-state index contributed by atoms with van der Waals surface area (Å²) in [6.45, 7) is 12.0. The minimum absolute atomic E-state index is 0.849. The fourth-order valence-corrected chi connectivity index (χ4v) is 2.76. The molecule has 0 spiro atoms. The van der Waals surface area contributed by atoms with Crippen molar-refractivity contribution in [2.45, 2.75) is 58.9 Å². The first-order valence-corrected chi connectivity index (χ1v) is 7.26. The van der Waals surface area contributed by atoms with Gasteiger partial charge in [-0.15, -0.1) is 0 Å². The Hall–Kier alpha value is -0.0800. The second-order valence-electron chi connectivity index (χ2n) is 5.16. The minimum Gasteiger partial charge on any atom is -0.317 e. The smallest absolute Gasteiger partial charge is 0.0119 e. The number of hydrogen-bond acceptors (Lipinski definition) is 2. The zero-order valence-corrected chi connectivity index (χ0v) is 11.5. The van der Waals surface area contributed by atoms with Gasteiger partial charge < -0.3 is 10.2 Å². The van der Waals surface area contributed by atoms with Gasteiger partial charge in [0.1, 0.15) is 0 Å². The molecule has 0 aromatic carbocycles. The standard InChI is InChI=1S/C14H30N2/c1-4-11-16(12-13(5-2)6-3)14-7-9-15-10-8-14/h13-15H,4-12H2,1-3H3. The van der Waals surface area contributed by atoms with Gasteiger partial charge in [0.05, 0.1) is 0 Å². The zero-order chi connectivity index (χ0) is 11.8. The molecule has 0 aromatic rings. The van der Waals surface area contributed by atoms with Crippen molar-refractivity contribution in [2.24, 2.45) is 5.92 Å². The zero-order valence-electron chi connectivity index (χ0n) is 11.5. The van der Waals surface area contributed by atoms with Crippen LogP contribution in [0.3, 0.4) is 0 Å². The van der Waals surface area contributed by atoms with Crippen LogP contribution >= 0.6 is 0 Å². The molecule has 1 saturated heterocycles. The Morgan fingerprint density at radius 1 is 1.12 bits per heavy atom. The maximum Gasteiger partial charge on any atom is 0.0119 e. The van der Waals surface area contributed by atoms with Gasteiger partial charge in [-0.25, -0.2) is 0 Å². The fraction of sp³-hybridized carbons (Fsp3) is 1.00. The Kier molecular flexibility index (Phi) is 7.06. The molecule has 0 saturated carbocycles. The van der Waals surface area contributed by atoms with E-state index >= 15 is 0 Å². The highest BCUT2D eigenvalue weighted by molar-refractivity contribution is 4.79. The van der Waals surface area contributed by atoms with E-state index in [0.29, 0.717) is 0 Å². The molecule has 0 atom stereocenters. The summed E-state index contributed by atoms with van der Waals surface area (Å²) in [6.07, 6.45) is 6.66. The van der Waals surface area contributed by atoms with Gasteiger partial charge in [0.2, 0.25) is 0 Å². The van der Waals surface area contributed by atoms with Gasteiger partial charge in [0, 0.05) is 12.6 Å². The van der Waals surface area contributed by atoms with Crippen molar-refractivity contribution >= 4 is 0 Å². The number of nitrogens with one attached hydrogen (secondary N) is 1. The van der Waals surface area contributed by atoms with Crippen molar-refractivity contribution in [1.29, 1.82) is 0 Å². The second kappa shape index (κ2) is 8.08. The quantitative estimate of drug-likeness (QED) is 0.718. The van der Waals surface area contributed by atoms with Crippen LogP contribution in [-0.4, -0.2) is 37.1 Å². The normalized spacial score (nSPS) is 18.6. The highest BCUT2D eigenvalue weighted by Crippen LogP contribution is 2.17. The van der Waals surface area contributed by atoms with E-state index in [1.165, 1.54) is 58.3 Å². The molecule has 0 aromatic heterocycles. The Morgan fingerprint density at radius 2 is 1.75 bits per heavy atom. The summed E-state index contributed by atoms with van der Waals surface area (Å²) < 4.78 is 0. The lowest BCUT2D eigenvalue weighted by molar-refractivity contribution is 0.135. The molecule has 1 fully saturated rings. The predicted octanol–water partition coefficient (Wildman–Crippen LogP) is 2.89. The molecular formula is C14H30N2. The summed E-state index contributed by atoms with van der Waals surface area (Å²) in [4.78, 5) is 2.76. The lowest BCUT2D eigenvalue weighted by atomic mass is 9.98. The van der Waals surface area contributed by atoms with Crippen LogP contribution in [-0.2, 0) is 0 Å². The SMILES string of the molecule is CCCN(CC(CC)CC)C1CCNCC1. The molecule has 0 bridgehead atoms. The molecule has 1 heterocycles. The van der Waals surface area contributed by atoms with Crippen LogP contribution in [0.4, 0.5) is 0 Å². The largest absolute Gasteiger partial charge is 0.317 e. The molecule has 1 aliphatic rings. The topological polar surface area (TPSA) is 15.3 Å². The van der Waals surface area contributed by atoms with Crippen LogP contribution in [0.5, 0.6) is 0 Å². The van der Waals surface area contributed by atoms with E-state index in [1.807, 2.05) is 0 Å². The molecule has 0 radical (unpaired) electrons. The molecule has 0 amide bonds. The van der Waals surface area contributed by atoms with Gasteiger partial charge in [-0.05, 0) is 44.8 Å². The summed E-state index contributed by atoms with van der Waals surface area (Å²) in [5, 5.41) is 3.47. The van der Waals surface area contributed by atoms with Crippen LogP contribution in [0.1, 0.15) is 52.9 Å². The van der Waals surface area contributed by atoms with Gasteiger partial charge in [-0.1, -0.05) is 33.6 Å². The van der Waals surface area contributed by atoms with Crippen molar-refractivity contribution in [2.75, 3.05) is 26.2 Å². The minimum atomic E-state index is 0.849. The van der Waals surface area contributed by atoms with Crippen LogP contribution in [0, 0.1) is 5.92 Å². The van der Waals surface area contributed by atoms with Gasteiger partial charge in [0.15, 0.2) is 0 Å². The molecule has 96 valence electrons. The van der Waals surface area contributed by atoms with Crippen LogP contribution in [0.15, 0.2) is 0 Å². The van der Waals surface area contributed by atoms with Crippen LogP contribution in [0.25, 0.3) is 0 Å². The van der Waals surface area contributed by atoms with E-state index in [-0.39, 0.29) is 0 Å². The van der Waals surface area contributed by atoms with Crippen molar-refractivity contribution in [1.82, 2.24) is 10.2 Å². The van der Waals surface area contributed by atoms with E-state index in [4.69, 9.17) is 0 Å². The molecular weight excluding hydrogens is 196 g/mol. The van der Waals surface area contributed by atoms with Gasteiger partial charge >= 0.3 is 0 Å². The molecule has 0 unspecified atom stereocenters. The first kappa shape index (κ1) is 14.0. The molecule has 2 heteroatoms. The van der Waals surface area contributed by atoms with Crippen molar-refractivity contribution in [3.8, 4) is 0 Å². The monoisotopic (exact) mass is 226 g/mol. The average Bonchev–Trinajstić information content (AvgIpc) is 2.35. The molecule has 1 aliphatic heterocycles. The third-order valence-electron chi connectivity index (χ3n) is 3.98. The second-order valence-corrected chi connectivity index (χ2v) is 5.16. The van der Waals surface area contributed by atoms with E-state index in [1.54, 1.807) is 0 Å². The number of nitrogens with zero attached hydrogens (tertiary/aromatic N) is 1. The highest BCUT2D eigenvalue weighted by Gasteiger charge is 2.21. The van der Waals surface area contributed by atoms with Gasteiger partial charge in [0.25, 0.3) is 0 Å².